The van der Waals surface area contributed by atoms with Crippen LogP contribution < -0.4 is 0 Å². The molecule has 15 nitrogen and oxygen atoms in total. The van der Waals surface area contributed by atoms with Gasteiger partial charge in [0.2, 0.25) is 17.1 Å². The summed E-state index contributed by atoms with van der Waals surface area (Å²) in [5, 5.41) is 31.3. The molecule has 661 valence electrons. The Balaban J connectivity index is 0.000000166. The van der Waals surface area contributed by atoms with Gasteiger partial charge in [-0.3, -0.25) is 29.3 Å². The number of aryl methyl sites for hydroxylation is 5. The van der Waals surface area contributed by atoms with Gasteiger partial charge >= 0.3 is 0 Å². The van der Waals surface area contributed by atoms with Crippen molar-refractivity contribution in [3.05, 3.63) is 311 Å². The minimum Gasteiger partial charge on any atom is -0.512 e. The maximum absolute atomic E-state index is 10.0. The second-order valence-electron chi connectivity index (χ2n) is 33.1. The first-order valence-electron chi connectivity index (χ1n) is 41.6. The van der Waals surface area contributed by atoms with Gasteiger partial charge in [0.25, 0.3) is 0 Å². The Kier molecular flexibility index (Phi) is 32.1. The molecule has 3 radical (unpaired) electrons. The van der Waals surface area contributed by atoms with E-state index in [0.717, 1.165) is 121 Å². The van der Waals surface area contributed by atoms with Gasteiger partial charge in [-0.05, 0) is 239 Å². The molecular weight excluding hydrogens is 2200 g/mol. The van der Waals surface area contributed by atoms with Crippen molar-refractivity contribution >= 4 is 148 Å². The standard InChI is InChI=1S/C33H23N2OS.C31H27N2OS.C29H23N2OS.3C5H8O2.3Ir/c1-19-6-4-7-20(2)31(19)23-13-11-22(12-14-23)30-18-28-29(37-30)17-16-27(35-28)26-9-5-8-24-25-15-10-21(3)34-33(25)36-32(24)26;1-17(2)20-13-21(18(3)4)15-22(14-20)29-16-27-28(35-29)12-11-26(33-27)25-8-6-7-23-24-10-9-19(5)32-31(24)34-30(23)25;1-17-8-13-21-20-6-5-7-22(27(20)32-28(21)30-17)23-14-15-25-24(31-23)16-26(33-25)18-9-11-19(12-10-18)29(2,3)4;3*1-4(6)3-5(2)7;;;/h4-8,10-18H,1-3H3;6-7,9-18H,1-5H3;5-6,8-16H,1-4H3;3*3,6H,1-2H3;;;/q3*-1;;;;;;. The minimum atomic E-state index is -0.125. The first-order valence-corrected chi connectivity index (χ1v) is 44.0. The molecule has 19 rings (SSSR count). The van der Waals surface area contributed by atoms with Crippen LogP contribution in [0.3, 0.4) is 0 Å². The molecule has 0 aliphatic rings. The molecule has 0 bridgehead atoms. The predicted octanol–water partition coefficient (Wildman–Crippen LogP) is 30.0. The third-order valence-electron chi connectivity index (χ3n) is 21.0. The number of allylic oxidation sites excluding steroid dienone is 6. The van der Waals surface area contributed by atoms with Crippen LogP contribution in [-0.4, -0.2) is 62.6 Å². The van der Waals surface area contributed by atoms with E-state index in [1.165, 1.54) is 139 Å². The van der Waals surface area contributed by atoms with Crippen LogP contribution in [0.15, 0.2) is 261 Å². The number of thiophene rings is 3. The molecule has 0 unspecified atom stereocenters. The summed E-state index contributed by atoms with van der Waals surface area (Å²) in [6.07, 6.45) is 3.50. The number of aromatic nitrogens is 6. The first-order chi connectivity index (χ1) is 60.2. The SMILES string of the molecule is CC(=O)C=C(C)O.CC(=O)C=C(C)O.CC(=O)C=C(C)O.Cc1ccc2c(n1)oc1c(-c3ccc4sc(-c5cc(C(C)C)cc(C(C)C)c5)cc4n3)[c-]ccc12.Cc1ccc2c(n1)oc1c(-c3ccc4sc(-c5ccc(-c6c(C)cccc6C)cc5)cc4n3)[c-]ccc12.Cc1ccc2c(n1)oc1c(-c3ccc4sc(-c5ccc(C(C)(C)C)cc5)cc4n3)[c-]ccc12.[Ir].[Ir].[Ir]. The van der Waals surface area contributed by atoms with Gasteiger partial charge in [-0.15, -0.1) is 88.6 Å². The average Bonchev–Trinajstić information content (AvgIpc) is 1.62. The number of aliphatic hydroxyl groups is 3. The van der Waals surface area contributed by atoms with Crippen molar-refractivity contribution in [2.24, 2.45) is 0 Å². The molecule has 0 fully saturated rings. The summed E-state index contributed by atoms with van der Waals surface area (Å²) >= 11 is 5.33. The molecule has 0 spiro atoms. The third-order valence-corrected chi connectivity index (χ3v) is 24.4. The van der Waals surface area contributed by atoms with E-state index in [1.807, 2.05) is 75.4 Å². The van der Waals surface area contributed by atoms with Gasteiger partial charge in [-0.25, -0.2) is 15.0 Å². The summed E-state index contributed by atoms with van der Waals surface area (Å²) in [5.74, 6) is 0.793. The van der Waals surface area contributed by atoms with Crippen LogP contribution in [0.2, 0.25) is 0 Å². The molecule has 21 heteroatoms. The smallest absolute Gasteiger partial charge is 0.216 e. The summed E-state index contributed by atoms with van der Waals surface area (Å²) in [6.45, 7) is 34.6. The second kappa shape index (κ2) is 42.2. The molecule has 129 heavy (non-hydrogen) atoms. The van der Waals surface area contributed by atoms with Crippen LogP contribution in [0.5, 0.6) is 0 Å². The monoisotopic (exact) mass is 2300 g/mol. The maximum Gasteiger partial charge on any atom is 0.216 e. The normalized spacial score (nSPS) is 11.6. The number of rotatable bonds is 12. The van der Waals surface area contributed by atoms with Crippen LogP contribution in [0, 0.1) is 52.8 Å². The molecule has 0 aliphatic carbocycles. The molecule has 12 heterocycles. The van der Waals surface area contributed by atoms with Crippen molar-refractivity contribution in [1.82, 2.24) is 29.9 Å². The molecule has 0 saturated carbocycles. The molecule has 3 N–H and O–H groups in total. The van der Waals surface area contributed by atoms with E-state index < -0.39 is 0 Å². The van der Waals surface area contributed by atoms with E-state index in [9.17, 15) is 14.4 Å². The summed E-state index contributed by atoms with van der Waals surface area (Å²) in [5.41, 5.74) is 28.4. The van der Waals surface area contributed by atoms with Crippen molar-refractivity contribution in [2.45, 2.75) is 142 Å². The fraction of sp³-hybridized carbons (Fsp3) is 0.194. The number of ketones is 3. The number of pyridine rings is 6. The summed E-state index contributed by atoms with van der Waals surface area (Å²) < 4.78 is 22.1. The van der Waals surface area contributed by atoms with Crippen molar-refractivity contribution in [3.8, 4) is 76.2 Å². The molecule has 0 saturated heterocycles. The van der Waals surface area contributed by atoms with Crippen LogP contribution in [0.1, 0.15) is 147 Å². The van der Waals surface area contributed by atoms with Crippen molar-refractivity contribution < 1.29 is 103 Å². The number of hydrogen-bond acceptors (Lipinski definition) is 18. The van der Waals surface area contributed by atoms with E-state index in [-0.39, 0.29) is 100 Å². The van der Waals surface area contributed by atoms with Crippen LogP contribution in [-0.2, 0) is 80.1 Å². The van der Waals surface area contributed by atoms with E-state index in [0.29, 0.717) is 29.0 Å². The van der Waals surface area contributed by atoms with Gasteiger partial charge in [0.15, 0.2) is 17.3 Å². The molecule has 0 atom stereocenters. The van der Waals surface area contributed by atoms with Crippen molar-refractivity contribution in [1.29, 1.82) is 0 Å². The van der Waals surface area contributed by atoms with Crippen LogP contribution in [0.4, 0.5) is 0 Å². The van der Waals surface area contributed by atoms with Crippen LogP contribution >= 0.6 is 34.0 Å². The van der Waals surface area contributed by atoms with Gasteiger partial charge in [0, 0.05) is 126 Å². The molecule has 0 amide bonds. The first kappa shape index (κ1) is 97.9. The molecule has 12 aromatic heterocycles. The quantitative estimate of drug-likeness (QED) is 0.0587. The molecule has 7 aromatic carbocycles. The Morgan fingerprint density at radius 1 is 0.364 bits per heavy atom. The predicted molar refractivity (Wildman–Crippen MR) is 520 cm³/mol. The number of carbonyl (C=O) groups excluding carboxylic acids is 3. The number of furan rings is 3. The second-order valence-corrected chi connectivity index (χ2v) is 36.4. The van der Waals surface area contributed by atoms with Crippen molar-refractivity contribution in [2.75, 3.05) is 0 Å². The summed E-state index contributed by atoms with van der Waals surface area (Å²) in [6, 6.07) is 84.7. The van der Waals surface area contributed by atoms with Crippen LogP contribution in [0.25, 0.3) is 173 Å². The number of hydrogen-bond donors (Lipinski definition) is 3. The number of nitrogens with zero attached hydrogens (tertiary/aromatic N) is 6. The zero-order chi connectivity index (χ0) is 89.7. The Bertz CT molecular complexity index is 7340. The number of benzene rings is 7. The van der Waals surface area contributed by atoms with Crippen molar-refractivity contribution in [3.63, 3.8) is 0 Å². The van der Waals surface area contributed by atoms with E-state index in [1.54, 1.807) is 34.0 Å². The largest absolute Gasteiger partial charge is 0.512 e. The Labute approximate surface area is 803 Å². The molecular formula is C108H97Ir3N6O9S3-3. The number of fused-ring (bicyclic) bond motifs is 12. The Morgan fingerprint density at radius 3 is 0.969 bits per heavy atom. The fourth-order valence-electron chi connectivity index (χ4n) is 14.9. The summed E-state index contributed by atoms with van der Waals surface area (Å²) in [7, 11) is 0. The zero-order valence-electron chi connectivity index (χ0n) is 74.8. The van der Waals surface area contributed by atoms with Gasteiger partial charge < -0.3 is 28.6 Å². The Hall–Kier alpha value is -11.7. The van der Waals surface area contributed by atoms with Gasteiger partial charge in [0.1, 0.15) is 0 Å². The zero-order valence-corrected chi connectivity index (χ0v) is 84.4. The molecule has 0 aliphatic heterocycles. The average molecular weight is 2300 g/mol. The van der Waals surface area contributed by atoms with E-state index in [4.69, 9.17) is 43.5 Å². The fourth-order valence-corrected chi connectivity index (χ4v) is 17.9. The maximum atomic E-state index is 10.0. The topological polar surface area (TPSA) is 229 Å². The van der Waals surface area contributed by atoms with E-state index in [2.05, 4.69) is 253 Å². The van der Waals surface area contributed by atoms with Gasteiger partial charge in [-0.2, -0.15) is 0 Å². The molecule has 19 aromatic rings. The third kappa shape index (κ3) is 23.1. The van der Waals surface area contributed by atoms with Gasteiger partial charge in [0.05, 0.1) is 64.7 Å². The Morgan fingerprint density at radius 2 is 0.674 bits per heavy atom. The summed E-state index contributed by atoms with van der Waals surface area (Å²) in [4.78, 5) is 62.5. The minimum absolute atomic E-state index is 0. The number of aliphatic hydroxyl groups excluding tert-OH is 3. The van der Waals surface area contributed by atoms with E-state index >= 15 is 0 Å². The number of carbonyl (C=O) groups is 3. The van der Waals surface area contributed by atoms with Gasteiger partial charge in [-0.1, -0.05) is 184 Å².